The van der Waals surface area contributed by atoms with Gasteiger partial charge in [0.2, 0.25) is 0 Å². The number of hydrogen-bond acceptors (Lipinski definition) is 2. The second-order valence-corrected chi connectivity index (χ2v) is 1.56. The zero-order valence-electron chi connectivity index (χ0n) is 3.72. The lowest BCUT2D eigenvalue weighted by molar-refractivity contribution is 0.406. The second-order valence-electron chi connectivity index (χ2n) is 1.56. The van der Waals surface area contributed by atoms with Crippen LogP contribution in [0.4, 0.5) is 0 Å². The van der Waals surface area contributed by atoms with E-state index in [0.717, 1.165) is 13.0 Å². The molecular formula is C4H9N2. The Morgan fingerprint density at radius 2 is 2.50 bits per heavy atom. The highest BCUT2D eigenvalue weighted by Crippen LogP contribution is 2.05. The van der Waals surface area contributed by atoms with Crippen molar-refractivity contribution in [3.63, 3.8) is 0 Å². The van der Waals surface area contributed by atoms with Gasteiger partial charge in [-0.3, -0.25) is 5.84 Å². The van der Waals surface area contributed by atoms with Crippen LogP contribution in [0.25, 0.3) is 0 Å². The third kappa shape index (κ3) is 0.698. The van der Waals surface area contributed by atoms with Crippen LogP contribution in [0, 0.1) is 6.54 Å². The number of nitrogens with zero attached hydrogens (tertiary/aromatic N) is 1. The van der Waals surface area contributed by atoms with Crippen molar-refractivity contribution in [1.29, 1.82) is 0 Å². The summed E-state index contributed by atoms with van der Waals surface area (Å²) in [5.74, 6) is 5.31. The highest BCUT2D eigenvalue weighted by atomic mass is 15.4. The largest absolute Gasteiger partial charge is 0.268 e. The van der Waals surface area contributed by atoms with Crippen LogP contribution in [0.2, 0.25) is 0 Å². The third-order valence-corrected chi connectivity index (χ3v) is 0.984. The summed E-state index contributed by atoms with van der Waals surface area (Å²) >= 11 is 0. The minimum atomic E-state index is 1.04. The van der Waals surface area contributed by atoms with Crippen molar-refractivity contribution >= 4 is 0 Å². The fraction of sp³-hybridized carbons (Fsp3) is 0.750. The predicted molar refractivity (Wildman–Crippen MR) is 24.4 cm³/mol. The number of nitrogens with two attached hydrogens (primary N) is 1. The molecule has 0 aliphatic carbocycles. The van der Waals surface area contributed by atoms with Crippen molar-refractivity contribution in [3.05, 3.63) is 6.54 Å². The number of rotatable bonds is 0. The van der Waals surface area contributed by atoms with Crippen molar-refractivity contribution < 1.29 is 0 Å². The SMILES string of the molecule is NN1[CH]CCC1. The Bertz CT molecular complexity index is 38.8. The molecule has 0 bridgehead atoms. The van der Waals surface area contributed by atoms with Gasteiger partial charge in [0.05, 0.1) is 0 Å². The first-order chi connectivity index (χ1) is 2.89. The third-order valence-electron chi connectivity index (χ3n) is 0.984. The van der Waals surface area contributed by atoms with Crippen LogP contribution in [0.3, 0.4) is 0 Å². The zero-order chi connectivity index (χ0) is 4.41. The molecule has 2 heteroatoms. The molecule has 1 heterocycles. The first-order valence-corrected chi connectivity index (χ1v) is 2.24. The first kappa shape index (κ1) is 4.09. The van der Waals surface area contributed by atoms with Crippen LogP contribution < -0.4 is 5.84 Å². The van der Waals surface area contributed by atoms with E-state index in [-0.39, 0.29) is 0 Å². The predicted octanol–water partition coefficient (Wildman–Crippen LogP) is 0.118. The van der Waals surface area contributed by atoms with Gasteiger partial charge >= 0.3 is 0 Å². The Kier molecular flexibility index (Phi) is 1.08. The average Bonchev–Trinajstić information content (AvgIpc) is 1.86. The molecule has 1 aliphatic heterocycles. The molecule has 1 radical (unpaired) electrons. The zero-order valence-corrected chi connectivity index (χ0v) is 3.72. The van der Waals surface area contributed by atoms with E-state index in [1.807, 2.05) is 6.54 Å². The van der Waals surface area contributed by atoms with E-state index in [9.17, 15) is 0 Å². The summed E-state index contributed by atoms with van der Waals surface area (Å²) in [6.45, 7) is 3.06. The van der Waals surface area contributed by atoms with E-state index in [2.05, 4.69) is 0 Å². The van der Waals surface area contributed by atoms with Crippen LogP contribution in [-0.2, 0) is 0 Å². The molecule has 0 spiro atoms. The van der Waals surface area contributed by atoms with Gasteiger partial charge in [0, 0.05) is 13.1 Å². The summed E-state index contributed by atoms with van der Waals surface area (Å²) in [6, 6.07) is 0. The van der Waals surface area contributed by atoms with Gasteiger partial charge in [0.1, 0.15) is 0 Å². The molecule has 0 aromatic rings. The van der Waals surface area contributed by atoms with E-state index in [0.29, 0.717) is 0 Å². The van der Waals surface area contributed by atoms with Crippen molar-refractivity contribution in [2.24, 2.45) is 5.84 Å². The average molecular weight is 85.1 g/mol. The smallest absolute Gasteiger partial charge is 0.0411 e. The van der Waals surface area contributed by atoms with Gasteiger partial charge in [0.15, 0.2) is 0 Å². The van der Waals surface area contributed by atoms with Crippen LogP contribution >= 0.6 is 0 Å². The summed E-state index contributed by atoms with van der Waals surface area (Å²) in [6.07, 6.45) is 2.40. The normalized spacial score (nSPS) is 25.5. The van der Waals surface area contributed by atoms with Gasteiger partial charge in [-0.25, -0.2) is 5.01 Å². The standard InChI is InChI=1S/C4H9N2/c5-6-3-1-2-4-6/h3H,1-2,4-5H2. The van der Waals surface area contributed by atoms with Crippen molar-refractivity contribution in [2.75, 3.05) is 6.54 Å². The first-order valence-electron chi connectivity index (χ1n) is 2.24. The number of hydrogen-bond donors (Lipinski definition) is 1. The molecule has 2 N–H and O–H groups in total. The molecule has 0 saturated carbocycles. The minimum Gasteiger partial charge on any atom is -0.268 e. The summed E-state index contributed by atoms with van der Waals surface area (Å²) in [4.78, 5) is 0. The minimum absolute atomic E-state index is 1.04. The summed E-state index contributed by atoms with van der Waals surface area (Å²) < 4.78 is 0. The van der Waals surface area contributed by atoms with Gasteiger partial charge in [-0.2, -0.15) is 0 Å². The Morgan fingerprint density at radius 1 is 1.67 bits per heavy atom. The topological polar surface area (TPSA) is 29.3 Å². The van der Waals surface area contributed by atoms with Gasteiger partial charge in [-0.15, -0.1) is 0 Å². The molecule has 6 heavy (non-hydrogen) atoms. The van der Waals surface area contributed by atoms with E-state index in [1.54, 1.807) is 5.01 Å². The number of hydrazine groups is 1. The molecule has 1 aliphatic rings. The summed E-state index contributed by atoms with van der Waals surface area (Å²) in [7, 11) is 0. The molecule has 1 saturated heterocycles. The molecule has 0 atom stereocenters. The van der Waals surface area contributed by atoms with Gasteiger partial charge in [-0.1, -0.05) is 0 Å². The lowest BCUT2D eigenvalue weighted by Gasteiger charge is -2.00. The Labute approximate surface area is 37.9 Å². The highest BCUT2D eigenvalue weighted by molar-refractivity contribution is 4.70. The maximum atomic E-state index is 5.31. The molecule has 1 rings (SSSR count). The molecule has 0 unspecified atom stereocenters. The lowest BCUT2D eigenvalue weighted by atomic mass is 10.4. The van der Waals surface area contributed by atoms with E-state index in [1.165, 1.54) is 6.42 Å². The van der Waals surface area contributed by atoms with E-state index < -0.39 is 0 Å². The second kappa shape index (κ2) is 1.58. The van der Waals surface area contributed by atoms with Crippen molar-refractivity contribution in [2.45, 2.75) is 12.8 Å². The molecule has 0 aromatic carbocycles. The van der Waals surface area contributed by atoms with Crippen molar-refractivity contribution in [1.82, 2.24) is 5.01 Å². The lowest BCUT2D eigenvalue weighted by Crippen LogP contribution is -2.23. The monoisotopic (exact) mass is 85.1 g/mol. The van der Waals surface area contributed by atoms with E-state index in [4.69, 9.17) is 5.84 Å². The molecule has 0 aromatic heterocycles. The van der Waals surface area contributed by atoms with Crippen LogP contribution in [0.1, 0.15) is 12.8 Å². The fourth-order valence-corrected chi connectivity index (χ4v) is 0.622. The quantitative estimate of drug-likeness (QED) is 0.423. The van der Waals surface area contributed by atoms with Gasteiger partial charge in [-0.05, 0) is 12.8 Å². The van der Waals surface area contributed by atoms with Crippen LogP contribution in [0.5, 0.6) is 0 Å². The van der Waals surface area contributed by atoms with Gasteiger partial charge in [0.25, 0.3) is 0 Å². The summed E-state index contributed by atoms with van der Waals surface area (Å²) in [5, 5.41) is 1.74. The Hall–Kier alpha value is -0.0800. The van der Waals surface area contributed by atoms with Crippen molar-refractivity contribution in [3.8, 4) is 0 Å². The maximum Gasteiger partial charge on any atom is 0.0411 e. The fourth-order valence-electron chi connectivity index (χ4n) is 0.622. The molecule has 0 amide bonds. The highest BCUT2D eigenvalue weighted by Gasteiger charge is 2.04. The maximum absolute atomic E-state index is 5.31. The van der Waals surface area contributed by atoms with E-state index >= 15 is 0 Å². The van der Waals surface area contributed by atoms with Gasteiger partial charge < -0.3 is 0 Å². The van der Waals surface area contributed by atoms with Crippen LogP contribution in [-0.4, -0.2) is 11.6 Å². The Morgan fingerprint density at radius 3 is 2.67 bits per heavy atom. The Balaban J connectivity index is 2.18. The molecule has 1 fully saturated rings. The summed E-state index contributed by atoms with van der Waals surface area (Å²) in [5.41, 5.74) is 0. The van der Waals surface area contributed by atoms with Crippen LogP contribution in [0.15, 0.2) is 0 Å². The molecule has 35 valence electrons. The molecular weight excluding hydrogens is 76.1 g/mol. The molecule has 2 nitrogen and oxygen atoms in total.